The molecule has 0 aromatic heterocycles. The molecule has 10 heteroatoms. The molecular weight excluding hydrogens is 567 g/mol. The molecule has 228 valence electrons. The van der Waals surface area contributed by atoms with Crippen LogP contribution in [0.3, 0.4) is 0 Å². The maximum Gasteiger partial charge on any atom is 0.430 e. The van der Waals surface area contributed by atoms with Crippen LogP contribution in [0, 0.1) is 17.3 Å². The smallest absolute Gasteiger partial charge is 0.371 e. The van der Waals surface area contributed by atoms with Gasteiger partial charge in [0.25, 0.3) is 17.4 Å². The lowest BCUT2D eigenvalue weighted by Crippen LogP contribution is -2.57. The number of hydrogen-bond acceptors (Lipinski definition) is 4. The summed E-state index contributed by atoms with van der Waals surface area (Å²) in [6.07, 6.45) is -1.09. The molecule has 3 aliphatic rings. The van der Waals surface area contributed by atoms with Crippen LogP contribution in [-0.2, 0) is 10.4 Å². The van der Waals surface area contributed by atoms with Crippen LogP contribution < -0.4 is 4.90 Å². The van der Waals surface area contributed by atoms with Crippen molar-refractivity contribution in [1.29, 1.82) is 0 Å². The first-order valence-electron chi connectivity index (χ1n) is 14.8. The number of amides is 2. The number of likely N-dealkylation sites (tertiary alicyclic amines) is 2. The first-order chi connectivity index (χ1) is 19.8. The highest BCUT2D eigenvalue weighted by Gasteiger charge is 2.62. The first kappa shape index (κ1) is 30.7. The Hall–Kier alpha value is -2.78. The normalized spacial score (nSPS) is 21.8. The Morgan fingerprint density at radius 3 is 2.00 bits per heavy atom. The van der Waals surface area contributed by atoms with E-state index in [2.05, 4.69) is 18.7 Å². The summed E-state index contributed by atoms with van der Waals surface area (Å²) in [6, 6.07) is 12.2. The molecule has 3 fully saturated rings. The molecule has 0 spiro atoms. The molecule has 0 saturated carbocycles. The molecule has 1 unspecified atom stereocenters. The minimum Gasteiger partial charge on any atom is -0.371 e. The summed E-state index contributed by atoms with van der Waals surface area (Å²) < 4.78 is 42.0. The van der Waals surface area contributed by atoms with Gasteiger partial charge in [-0.3, -0.25) is 9.59 Å². The minimum absolute atomic E-state index is 0.0295. The molecule has 2 aromatic carbocycles. The Balaban J connectivity index is 1.15. The van der Waals surface area contributed by atoms with E-state index in [9.17, 15) is 27.9 Å². The second-order valence-electron chi connectivity index (χ2n) is 12.8. The lowest BCUT2D eigenvalue weighted by Gasteiger charge is -2.42. The van der Waals surface area contributed by atoms with Crippen LogP contribution in [0.5, 0.6) is 0 Å². The topological polar surface area (TPSA) is 64.1 Å². The predicted octanol–water partition coefficient (Wildman–Crippen LogP) is 6.12. The van der Waals surface area contributed by atoms with Crippen molar-refractivity contribution in [2.45, 2.75) is 57.7 Å². The Morgan fingerprint density at radius 1 is 0.881 bits per heavy atom. The van der Waals surface area contributed by atoms with Crippen molar-refractivity contribution in [3.63, 3.8) is 0 Å². The second kappa shape index (κ2) is 11.7. The molecule has 42 heavy (non-hydrogen) atoms. The quantitative estimate of drug-likeness (QED) is 0.446. The number of nitrogens with zero attached hydrogens (tertiary/aromatic N) is 3. The zero-order valence-electron chi connectivity index (χ0n) is 24.2. The number of piperidine rings is 2. The number of carbonyl (C=O) groups excluding carboxylic acids is 2. The summed E-state index contributed by atoms with van der Waals surface area (Å²) in [4.78, 5) is 31.4. The van der Waals surface area contributed by atoms with Crippen LogP contribution in [0.25, 0.3) is 0 Å². The van der Waals surface area contributed by atoms with Gasteiger partial charge < -0.3 is 19.8 Å². The highest BCUT2D eigenvalue weighted by molar-refractivity contribution is 6.34. The molecule has 1 atom stereocenters. The van der Waals surface area contributed by atoms with Gasteiger partial charge in [0.1, 0.15) is 0 Å². The van der Waals surface area contributed by atoms with Gasteiger partial charge in [0, 0.05) is 50.5 Å². The van der Waals surface area contributed by atoms with Gasteiger partial charge in [-0.1, -0.05) is 55.8 Å². The van der Waals surface area contributed by atoms with E-state index in [1.807, 2.05) is 23.1 Å². The number of hydrogen-bond donors (Lipinski definition) is 1. The maximum atomic E-state index is 14.0. The third kappa shape index (κ3) is 6.00. The van der Waals surface area contributed by atoms with Gasteiger partial charge in [0.15, 0.2) is 0 Å². The van der Waals surface area contributed by atoms with E-state index in [4.69, 9.17) is 11.6 Å². The number of halogens is 4. The molecule has 3 saturated heterocycles. The van der Waals surface area contributed by atoms with Crippen LogP contribution in [-0.4, -0.2) is 72.2 Å². The van der Waals surface area contributed by atoms with Gasteiger partial charge in [-0.15, -0.1) is 0 Å². The van der Waals surface area contributed by atoms with E-state index in [1.54, 1.807) is 6.07 Å². The molecule has 2 amide bonds. The fraction of sp³-hybridized carbons (Fsp3) is 0.562. The van der Waals surface area contributed by atoms with Gasteiger partial charge in [-0.2, -0.15) is 13.2 Å². The summed E-state index contributed by atoms with van der Waals surface area (Å²) in [5, 5.41) is 11.1. The maximum absolute atomic E-state index is 14.0. The number of rotatable bonds is 5. The zero-order valence-corrected chi connectivity index (χ0v) is 24.9. The summed E-state index contributed by atoms with van der Waals surface area (Å²) in [7, 11) is 0. The molecule has 6 nitrogen and oxygen atoms in total. The number of alkyl halides is 3. The summed E-state index contributed by atoms with van der Waals surface area (Å²) in [6.45, 7) is 7.79. The van der Waals surface area contributed by atoms with Crippen molar-refractivity contribution in [3.05, 3.63) is 64.7 Å². The van der Waals surface area contributed by atoms with Crippen LogP contribution in [0.4, 0.5) is 18.9 Å². The Morgan fingerprint density at radius 2 is 1.48 bits per heavy atom. The van der Waals surface area contributed by atoms with E-state index < -0.39 is 23.2 Å². The summed E-state index contributed by atoms with van der Waals surface area (Å²) in [5.74, 6) is -0.621. The van der Waals surface area contributed by atoms with E-state index in [0.29, 0.717) is 35.3 Å². The molecule has 2 aromatic rings. The standard InChI is InChI=1S/C32H39ClF3N3O3/c1-30(2)14-19-39(21-30)28(40)26-9-8-25(20-27(26)33)37-15-10-22(11-16-37)23-12-17-38(18-13-23)29(41)31(42,32(34,35)36)24-6-4-3-5-7-24/h3-9,20,22-23,42H,10-19,21H2,1-2H3. The molecule has 3 aliphatic heterocycles. The van der Waals surface area contributed by atoms with Gasteiger partial charge in [0.05, 0.1) is 10.6 Å². The van der Waals surface area contributed by atoms with Crippen LogP contribution >= 0.6 is 11.6 Å². The molecule has 0 aliphatic carbocycles. The van der Waals surface area contributed by atoms with Crippen molar-refractivity contribution >= 4 is 29.1 Å². The molecule has 0 radical (unpaired) electrons. The van der Waals surface area contributed by atoms with Gasteiger partial charge >= 0.3 is 6.18 Å². The Kier molecular flexibility index (Phi) is 8.56. The van der Waals surface area contributed by atoms with Crippen molar-refractivity contribution in [1.82, 2.24) is 9.80 Å². The van der Waals surface area contributed by atoms with Crippen LogP contribution in [0.2, 0.25) is 5.02 Å². The molecule has 1 N–H and O–H groups in total. The third-order valence-electron chi connectivity index (χ3n) is 9.46. The summed E-state index contributed by atoms with van der Waals surface area (Å²) in [5.41, 5.74) is -2.40. The van der Waals surface area contributed by atoms with Crippen molar-refractivity contribution in [2.75, 3.05) is 44.2 Å². The van der Waals surface area contributed by atoms with E-state index in [0.717, 1.165) is 63.3 Å². The SMILES string of the molecule is CC1(C)CCN(C(=O)c2ccc(N3CCC(C4CCN(C(=O)C(O)(c5ccccc5)C(F)(F)F)CC4)CC3)cc2Cl)C1. The lowest BCUT2D eigenvalue weighted by molar-refractivity contribution is -0.262. The van der Waals surface area contributed by atoms with Crippen LogP contribution in [0.1, 0.15) is 61.9 Å². The minimum atomic E-state index is -5.13. The first-order valence-corrected chi connectivity index (χ1v) is 15.2. The molecular formula is C32H39ClF3N3O3. The largest absolute Gasteiger partial charge is 0.430 e. The van der Waals surface area contributed by atoms with E-state index >= 15 is 0 Å². The van der Waals surface area contributed by atoms with Crippen molar-refractivity contribution in [3.8, 4) is 0 Å². The van der Waals surface area contributed by atoms with Gasteiger partial charge in [0.2, 0.25) is 0 Å². The highest BCUT2D eigenvalue weighted by Crippen LogP contribution is 2.42. The molecule has 3 heterocycles. The lowest BCUT2D eigenvalue weighted by atomic mass is 9.78. The van der Waals surface area contributed by atoms with Crippen molar-refractivity contribution in [2.24, 2.45) is 17.3 Å². The molecule has 5 rings (SSSR count). The van der Waals surface area contributed by atoms with Gasteiger partial charge in [-0.05, 0) is 67.6 Å². The number of benzene rings is 2. The number of carbonyl (C=O) groups is 2. The number of anilines is 1. The predicted molar refractivity (Wildman–Crippen MR) is 156 cm³/mol. The zero-order chi connectivity index (χ0) is 30.3. The molecule has 0 bridgehead atoms. The van der Waals surface area contributed by atoms with Crippen LogP contribution in [0.15, 0.2) is 48.5 Å². The average Bonchev–Trinajstić information content (AvgIpc) is 3.35. The Bertz CT molecular complexity index is 1290. The monoisotopic (exact) mass is 605 g/mol. The summed E-state index contributed by atoms with van der Waals surface area (Å²) >= 11 is 6.59. The Labute approximate surface area is 250 Å². The third-order valence-corrected chi connectivity index (χ3v) is 9.77. The van der Waals surface area contributed by atoms with Gasteiger partial charge in [-0.25, -0.2) is 0 Å². The average molecular weight is 606 g/mol. The van der Waals surface area contributed by atoms with Crippen molar-refractivity contribution < 1.29 is 27.9 Å². The number of aliphatic hydroxyl groups is 1. The van der Waals surface area contributed by atoms with E-state index in [-0.39, 0.29) is 24.4 Å². The highest BCUT2D eigenvalue weighted by atomic mass is 35.5. The second-order valence-corrected chi connectivity index (χ2v) is 13.2. The fourth-order valence-corrected chi connectivity index (χ4v) is 7.11. The van der Waals surface area contributed by atoms with E-state index in [1.165, 1.54) is 17.0 Å². The fourth-order valence-electron chi connectivity index (χ4n) is 6.85.